The smallest absolute Gasteiger partial charge is 0.462 e. The van der Waals surface area contributed by atoms with Crippen molar-refractivity contribution in [2.75, 3.05) is 39.6 Å². The number of carbonyl (C=O) groups excluding carboxylic acids is 4. The summed E-state index contributed by atoms with van der Waals surface area (Å²) in [6.07, 6.45) is 41.9. The van der Waals surface area contributed by atoms with Gasteiger partial charge in [-0.2, -0.15) is 0 Å². The Morgan fingerprint density at radius 2 is 0.472 bits per heavy atom. The van der Waals surface area contributed by atoms with E-state index in [1.807, 2.05) is 0 Å². The van der Waals surface area contributed by atoms with Gasteiger partial charge in [-0.05, 0) is 49.4 Å². The van der Waals surface area contributed by atoms with Gasteiger partial charge in [0.1, 0.15) is 19.3 Å². The summed E-state index contributed by atoms with van der Waals surface area (Å²) in [6, 6.07) is 0. The molecule has 0 amide bonds. The molecule has 0 aromatic heterocycles. The number of aliphatic hydroxyl groups is 1. The third-order valence-electron chi connectivity index (χ3n) is 16.1. The van der Waals surface area contributed by atoms with Crippen LogP contribution in [-0.2, 0) is 65.4 Å². The second-order valence-corrected chi connectivity index (χ2v) is 30.1. The number of rotatable bonds is 67. The number of hydrogen-bond acceptors (Lipinski definition) is 15. The maximum absolute atomic E-state index is 13.0. The number of phosphoric acid groups is 2. The van der Waals surface area contributed by atoms with Gasteiger partial charge in [0.05, 0.1) is 26.4 Å². The molecule has 0 fully saturated rings. The van der Waals surface area contributed by atoms with Gasteiger partial charge in [0.25, 0.3) is 0 Å². The van der Waals surface area contributed by atoms with Gasteiger partial charge in [-0.15, -0.1) is 0 Å². The summed E-state index contributed by atoms with van der Waals surface area (Å²) in [5, 5.41) is 10.6. The third kappa shape index (κ3) is 64.6. The van der Waals surface area contributed by atoms with E-state index in [0.717, 1.165) is 108 Å². The van der Waals surface area contributed by atoms with Crippen LogP contribution >= 0.6 is 15.6 Å². The summed E-state index contributed by atoms with van der Waals surface area (Å²) in [6.45, 7) is 14.0. The van der Waals surface area contributed by atoms with E-state index in [0.29, 0.717) is 37.5 Å². The Hall–Kier alpha value is -1.94. The minimum atomic E-state index is -4.95. The highest BCUT2D eigenvalue weighted by Gasteiger charge is 2.30. The fourth-order valence-electron chi connectivity index (χ4n) is 10.5. The Kier molecular flexibility index (Phi) is 58.5. The van der Waals surface area contributed by atoms with Crippen LogP contribution in [0.15, 0.2) is 0 Å². The van der Waals surface area contributed by atoms with Crippen molar-refractivity contribution in [1.29, 1.82) is 0 Å². The quantitative estimate of drug-likeness (QED) is 0.0222. The lowest BCUT2D eigenvalue weighted by molar-refractivity contribution is -0.161. The van der Waals surface area contributed by atoms with Crippen molar-refractivity contribution in [1.82, 2.24) is 0 Å². The van der Waals surface area contributed by atoms with Crippen LogP contribution in [0.1, 0.15) is 344 Å². The van der Waals surface area contributed by atoms with E-state index >= 15 is 0 Å². The van der Waals surface area contributed by atoms with Gasteiger partial charge in [-0.1, -0.05) is 293 Å². The Labute approximate surface area is 543 Å². The molecule has 0 heterocycles. The van der Waals surface area contributed by atoms with Crippen molar-refractivity contribution < 1.29 is 80.2 Å². The molecule has 528 valence electrons. The third-order valence-corrected chi connectivity index (χ3v) is 18.0. The number of ether oxygens (including phenoxy) is 4. The first-order valence-electron chi connectivity index (χ1n) is 36.2. The van der Waals surface area contributed by atoms with Gasteiger partial charge in [0, 0.05) is 25.7 Å². The van der Waals surface area contributed by atoms with E-state index in [9.17, 15) is 43.2 Å². The summed E-state index contributed by atoms with van der Waals surface area (Å²) in [7, 11) is -9.90. The Bertz CT molecular complexity index is 1760. The molecular weight excluding hydrogens is 1170 g/mol. The lowest BCUT2D eigenvalue weighted by Crippen LogP contribution is -2.30. The fraction of sp³-hybridized carbons (Fsp3) is 0.943. The van der Waals surface area contributed by atoms with E-state index in [1.165, 1.54) is 141 Å². The zero-order chi connectivity index (χ0) is 66.1. The molecule has 5 atom stereocenters. The topological polar surface area (TPSA) is 237 Å². The summed E-state index contributed by atoms with van der Waals surface area (Å²) in [5.74, 6) is 0.804. The number of phosphoric ester groups is 2. The molecule has 0 saturated carbocycles. The number of esters is 4. The molecule has 0 aromatic carbocycles. The van der Waals surface area contributed by atoms with E-state index in [2.05, 4.69) is 55.4 Å². The maximum atomic E-state index is 13.0. The first kappa shape index (κ1) is 87.1. The van der Waals surface area contributed by atoms with Crippen LogP contribution < -0.4 is 0 Å². The summed E-state index contributed by atoms with van der Waals surface area (Å²) >= 11 is 0. The van der Waals surface area contributed by atoms with Crippen molar-refractivity contribution in [3.63, 3.8) is 0 Å². The van der Waals surface area contributed by atoms with E-state index in [-0.39, 0.29) is 25.7 Å². The molecule has 0 aliphatic carbocycles. The lowest BCUT2D eigenvalue weighted by atomic mass is 10.0. The van der Waals surface area contributed by atoms with Gasteiger partial charge in [0.2, 0.25) is 0 Å². The zero-order valence-electron chi connectivity index (χ0n) is 58.1. The van der Waals surface area contributed by atoms with Crippen molar-refractivity contribution in [2.24, 2.45) is 23.7 Å². The van der Waals surface area contributed by atoms with Crippen LogP contribution in [-0.4, -0.2) is 96.7 Å². The number of aliphatic hydroxyl groups excluding tert-OH is 1. The van der Waals surface area contributed by atoms with Gasteiger partial charge in [0.15, 0.2) is 12.2 Å². The molecule has 0 saturated heterocycles. The van der Waals surface area contributed by atoms with Crippen LogP contribution in [0.4, 0.5) is 0 Å². The molecule has 0 aliphatic heterocycles. The molecule has 3 unspecified atom stereocenters. The summed E-state index contributed by atoms with van der Waals surface area (Å²) < 4.78 is 68.2. The molecule has 89 heavy (non-hydrogen) atoms. The van der Waals surface area contributed by atoms with Gasteiger partial charge in [-0.25, -0.2) is 9.13 Å². The number of unbranched alkanes of at least 4 members (excludes halogenated alkanes) is 33. The van der Waals surface area contributed by atoms with Gasteiger partial charge >= 0.3 is 39.5 Å². The molecule has 0 radical (unpaired) electrons. The predicted octanol–water partition coefficient (Wildman–Crippen LogP) is 19.7. The highest BCUT2D eigenvalue weighted by Crippen LogP contribution is 2.45. The molecule has 17 nitrogen and oxygen atoms in total. The SMILES string of the molecule is CC(C)CCCCCCCCCCCCCCCCC(=O)OC[C@H](COP(=O)(O)OCC(O)COP(=O)(O)OC[C@@H](COC(=O)CCCCCCCCCC(C)C)OC(=O)CCCCCCCCCCCC(C)C)OC(=O)CCCCCCCCCC(C)C. The monoisotopic (exact) mass is 1310 g/mol. The zero-order valence-corrected chi connectivity index (χ0v) is 59.8. The van der Waals surface area contributed by atoms with Crippen LogP contribution in [0.25, 0.3) is 0 Å². The summed E-state index contributed by atoms with van der Waals surface area (Å²) in [5.41, 5.74) is 0. The van der Waals surface area contributed by atoms with E-state index < -0.39 is 97.5 Å². The second kappa shape index (κ2) is 59.8. The highest BCUT2D eigenvalue weighted by atomic mass is 31.2. The first-order chi connectivity index (χ1) is 42.6. The van der Waals surface area contributed by atoms with Crippen molar-refractivity contribution in [3.8, 4) is 0 Å². The predicted molar refractivity (Wildman–Crippen MR) is 358 cm³/mol. The second-order valence-electron chi connectivity index (χ2n) is 27.2. The van der Waals surface area contributed by atoms with Crippen LogP contribution in [0.5, 0.6) is 0 Å². The largest absolute Gasteiger partial charge is 0.472 e. The molecule has 19 heteroatoms. The minimum Gasteiger partial charge on any atom is -0.462 e. The number of carbonyl (C=O) groups is 4. The van der Waals surface area contributed by atoms with E-state index in [4.69, 9.17) is 37.0 Å². The lowest BCUT2D eigenvalue weighted by Gasteiger charge is -2.21. The van der Waals surface area contributed by atoms with Crippen LogP contribution in [0.2, 0.25) is 0 Å². The average molecular weight is 1310 g/mol. The molecule has 0 bridgehead atoms. The van der Waals surface area contributed by atoms with Crippen LogP contribution in [0, 0.1) is 23.7 Å². The maximum Gasteiger partial charge on any atom is 0.472 e. The Morgan fingerprint density at radius 3 is 0.697 bits per heavy atom. The standard InChI is InChI=1S/C70H136O17P2/c1-60(2)46-38-30-22-16-13-11-9-10-12-14-18-26-34-42-50-67(72)80-56-66(87-70(75)53-45-37-29-21-25-33-41-49-63(7)8)59-85-89(78,79)83-55-64(71)54-82-88(76,77)84-58-65(57-81-68(73)51-43-35-28-20-24-32-40-48-62(5)6)86-69(74)52-44-36-27-19-15-17-23-31-39-47-61(3)4/h60-66,71H,9-59H2,1-8H3,(H,76,77)(H,78,79)/t64?,65-,66-/m1/s1. The highest BCUT2D eigenvalue weighted by molar-refractivity contribution is 7.47. The first-order valence-corrected chi connectivity index (χ1v) is 39.2. The normalized spacial score (nSPS) is 14.3. The molecular formula is C70H136O17P2. The molecule has 0 aromatic rings. The van der Waals surface area contributed by atoms with Crippen molar-refractivity contribution >= 4 is 39.5 Å². The molecule has 0 aliphatic rings. The number of hydrogen-bond donors (Lipinski definition) is 3. The van der Waals surface area contributed by atoms with Crippen LogP contribution in [0.3, 0.4) is 0 Å². The van der Waals surface area contributed by atoms with E-state index in [1.54, 1.807) is 0 Å². The molecule has 0 spiro atoms. The average Bonchev–Trinajstić information content (AvgIpc) is 3.68. The fourth-order valence-corrected chi connectivity index (χ4v) is 12.1. The Morgan fingerprint density at radius 1 is 0.281 bits per heavy atom. The van der Waals surface area contributed by atoms with Crippen molar-refractivity contribution in [2.45, 2.75) is 363 Å². The summed E-state index contributed by atoms with van der Waals surface area (Å²) in [4.78, 5) is 72.5. The van der Waals surface area contributed by atoms with Crippen molar-refractivity contribution in [3.05, 3.63) is 0 Å². The van der Waals surface area contributed by atoms with Gasteiger partial charge in [-0.3, -0.25) is 37.3 Å². The van der Waals surface area contributed by atoms with Gasteiger partial charge < -0.3 is 33.8 Å². The Balaban J connectivity index is 5.20. The minimum absolute atomic E-state index is 0.103. The molecule has 3 N–H and O–H groups in total. The molecule has 0 rings (SSSR count).